The van der Waals surface area contributed by atoms with Gasteiger partial charge in [0.2, 0.25) is 0 Å². The van der Waals surface area contributed by atoms with Gasteiger partial charge in [-0.1, -0.05) is 39.5 Å². The number of rotatable bonds is 6. The molecular weight excluding hydrogens is 188 g/mol. The molecule has 1 N–H and O–H groups in total. The highest BCUT2D eigenvalue weighted by Crippen LogP contribution is 2.36. The molecule has 0 aliphatic heterocycles. The minimum atomic E-state index is -0.356. The summed E-state index contributed by atoms with van der Waals surface area (Å²) in [7, 11) is 0. The van der Waals surface area contributed by atoms with Crippen LogP contribution in [0.1, 0.15) is 58.8 Å². The van der Waals surface area contributed by atoms with Gasteiger partial charge in [0.1, 0.15) is 5.78 Å². The molecule has 15 heavy (non-hydrogen) atoms. The lowest BCUT2D eigenvalue weighted by atomic mass is 9.86. The summed E-state index contributed by atoms with van der Waals surface area (Å²) in [5, 5.41) is 9.83. The Bertz CT molecular complexity index is 201. The molecule has 0 spiro atoms. The van der Waals surface area contributed by atoms with Gasteiger partial charge in [0.05, 0.1) is 6.10 Å². The third kappa shape index (κ3) is 3.30. The third-order valence-corrected chi connectivity index (χ3v) is 3.59. The molecule has 88 valence electrons. The van der Waals surface area contributed by atoms with Crippen LogP contribution in [0.5, 0.6) is 0 Å². The van der Waals surface area contributed by atoms with Crippen LogP contribution in [0.4, 0.5) is 0 Å². The molecule has 1 saturated carbocycles. The SMILES string of the molecule is CCCC[C@H]1[C@H](O)CC(=O)[C@H]1CCCC. The zero-order valence-electron chi connectivity index (χ0n) is 10.0. The van der Waals surface area contributed by atoms with Gasteiger partial charge in [-0.3, -0.25) is 4.79 Å². The molecule has 0 aromatic carbocycles. The summed E-state index contributed by atoms with van der Waals surface area (Å²) in [6, 6.07) is 0. The van der Waals surface area contributed by atoms with Gasteiger partial charge in [-0.15, -0.1) is 0 Å². The Morgan fingerprint density at radius 3 is 2.40 bits per heavy atom. The average molecular weight is 212 g/mol. The Morgan fingerprint density at radius 2 is 1.80 bits per heavy atom. The fraction of sp³-hybridized carbons (Fsp3) is 0.923. The number of hydrogen-bond donors (Lipinski definition) is 1. The van der Waals surface area contributed by atoms with E-state index in [1.54, 1.807) is 0 Å². The number of aliphatic hydroxyl groups is 1. The van der Waals surface area contributed by atoms with E-state index in [9.17, 15) is 9.90 Å². The summed E-state index contributed by atoms with van der Waals surface area (Å²) < 4.78 is 0. The Labute approximate surface area is 93.1 Å². The van der Waals surface area contributed by atoms with Crippen LogP contribution in [0.15, 0.2) is 0 Å². The van der Waals surface area contributed by atoms with Gasteiger partial charge < -0.3 is 5.11 Å². The second-order valence-corrected chi connectivity index (χ2v) is 4.79. The van der Waals surface area contributed by atoms with E-state index in [1.165, 1.54) is 0 Å². The molecule has 1 aliphatic rings. The standard InChI is InChI=1S/C13H24O2/c1-3-5-7-10-11(8-6-4-2)13(15)9-12(10)14/h10-12,14H,3-9H2,1-2H3/t10-,11+,12-/m1/s1. The molecule has 0 heterocycles. The molecule has 0 amide bonds. The maximum atomic E-state index is 11.7. The van der Waals surface area contributed by atoms with Crippen LogP contribution in [-0.4, -0.2) is 17.0 Å². The van der Waals surface area contributed by atoms with E-state index in [0.717, 1.165) is 38.5 Å². The number of carbonyl (C=O) groups excluding carboxylic acids is 1. The van der Waals surface area contributed by atoms with Crippen LogP contribution in [-0.2, 0) is 4.79 Å². The van der Waals surface area contributed by atoms with Crippen molar-refractivity contribution in [2.45, 2.75) is 64.9 Å². The number of hydrogen-bond acceptors (Lipinski definition) is 2. The van der Waals surface area contributed by atoms with Crippen molar-refractivity contribution in [1.82, 2.24) is 0 Å². The number of unbranched alkanes of at least 4 members (excludes halogenated alkanes) is 2. The number of aliphatic hydroxyl groups excluding tert-OH is 1. The number of Topliss-reactive ketones (excluding diaryl/α,β-unsaturated/α-hetero) is 1. The van der Waals surface area contributed by atoms with Crippen LogP contribution in [0.2, 0.25) is 0 Å². The largest absolute Gasteiger partial charge is 0.392 e. The predicted molar refractivity (Wildman–Crippen MR) is 61.7 cm³/mol. The molecule has 3 atom stereocenters. The molecule has 0 aromatic rings. The summed E-state index contributed by atoms with van der Waals surface area (Å²) in [5.74, 6) is 0.715. The number of ketones is 1. The molecule has 1 aliphatic carbocycles. The fourth-order valence-corrected chi connectivity index (χ4v) is 2.65. The third-order valence-electron chi connectivity index (χ3n) is 3.59. The fourth-order valence-electron chi connectivity index (χ4n) is 2.65. The molecule has 1 fully saturated rings. The minimum absolute atomic E-state index is 0.159. The van der Waals surface area contributed by atoms with Gasteiger partial charge in [-0.05, 0) is 18.8 Å². The monoisotopic (exact) mass is 212 g/mol. The van der Waals surface area contributed by atoms with Gasteiger partial charge >= 0.3 is 0 Å². The molecular formula is C13H24O2. The van der Waals surface area contributed by atoms with E-state index in [2.05, 4.69) is 13.8 Å². The van der Waals surface area contributed by atoms with Crippen LogP contribution in [0, 0.1) is 11.8 Å². The van der Waals surface area contributed by atoms with Crippen molar-refractivity contribution in [2.24, 2.45) is 11.8 Å². The maximum Gasteiger partial charge on any atom is 0.138 e. The van der Waals surface area contributed by atoms with Gasteiger partial charge in [0, 0.05) is 12.3 Å². The maximum absolute atomic E-state index is 11.7. The van der Waals surface area contributed by atoms with Crippen molar-refractivity contribution in [3.05, 3.63) is 0 Å². The lowest BCUT2D eigenvalue weighted by Crippen LogP contribution is -2.20. The first-order valence-corrected chi connectivity index (χ1v) is 6.41. The van der Waals surface area contributed by atoms with Gasteiger partial charge in [0.15, 0.2) is 0 Å². The number of carbonyl (C=O) groups is 1. The molecule has 2 heteroatoms. The Balaban J connectivity index is 2.50. The van der Waals surface area contributed by atoms with Crippen molar-refractivity contribution < 1.29 is 9.90 Å². The van der Waals surface area contributed by atoms with Gasteiger partial charge in [-0.25, -0.2) is 0 Å². The minimum Gasteiger partial charge on any atom is -0.392 e. The second-order valence-electron chi connectivity index (χ2n) is 4.79. The van der Waals surface area contributed by atoms with Gasteiger partial charge in [0.25, 0.3) is 0 Å². The van der Waals surface area contributed by atoms with Crippen LogP contribution in [0.25, 0.3) is 0 Å². The predicted octanol–water partition coefficient (Wildman–Crippen LogP) is 2.93. The van der Waals surface area contributed by atoms with Crippen LogP contribution >= 0.6 is 0 Å². The molecule has 0 bridgehead atoms. The van der Waals surface area contributed by atoms with Crippen molar-refractivity contribution in [3.63, 3.8) is 0 Å². The Morgan fingerprint density at radius 1 is 1.20 bits per heavy atom. The van der Waals surface area contributed by atoms with Gasteiger partial charge in [-0.2, -0.15) is 0 Å². The second kappa shape index (κ2) is 6.26. The van der Waals surface area contributed by atoms with E-state index in [1.807, 2.05) is 0 Å². The Kier molecular flexibility index (Phi) is 5.30. The van der Waals surface area contributed by atoms with E-state index in [-0.39, 0.29) is 17.9 Å². The van der Waals surface area contributed by atoms with Crippen molar-refractivity contribution in [3.8, 4) is 0 Å². The normalized spacial score (nSPS) is 31.1. The van der Waals surface area contributed by atoms with E-state index in [0.29, 0.717) is 12.2 Å². The molecule has 0 aromatic heterocycles. The first kappa shape index (κ1) is 12.7. The lowest BCUT2D eigenvalue weighted by Gasteiger charge is -2.20. The highest BCUT2D eigenvalue weighted by molar-refractivity contribution is 5.84. The summed E-state index contributed by atoms with van der Waals surface area (Å²) >= 11 is 0. The average Bonchev–Trinajstić information content (AvgIpc) is 2.47. The van der Waals surface area contributed by atoms with E-state index >= 15 is 0 Å². The van der Waals surface area contributed by atoms with E-state index in [4.69, 9.17) is 0 Å². The summed E-state index contributed by atoms with van der Waals surface area (Å²) in [6.45, 7) is 4.31. The molecule has 0 radical (unpaired) electrons. The highest BCUT2D eigenvalue weighted by atomic mass is 16.3. The van der Waals surface area contributed by atoms with Crippen molar-refractivity contribution in [1.29, 1.82) is 0 Å². The summed E-state index contributed by atoms with van der Waals surface area (Å²) in [4.78, 5) is 11.7. The quantitative estimate of drug-likeness (QED) is 0.735. The molecule has 2 nitrogen and oxygen atoms in total. The Hall–Kier alpha value is -0.370. The summed E-state index contributed by atoms with van der Waals surface area (Å²) in [6.07, 6.45) is 6.61. The topological polar surface area (TPSA) is 37.3 Å². The lowest BCUT2D eigenvalue weighted by molar-refractivity contribution is -0.121. The van der Waals surface area contributed by atoms with Crippen LogP contribution < -0.4 is 0 Å². The van der Waals surface area contributed by atoms with Crippen LogP contribution in [0.3, 0.4) is 0 Å². The smallest absolute Gasteiger partial charge is 0.138 e. The first-order chi connectivity index (χ1) is 7.20. The van der Waals surface area contributed by atoms with E-state index < -0.39 is 0 Å². The van der Waals surface area contributed by atoms with Crippen molar-refractivity contribution >= 4 is 5.78 Å². The zero-order chi connectivity index (χ0) is 11.3. The first-order valence-electron chi connectivity index (χ1n) is 6.41. The molecule has 1 rings (SSSR count). The highest BCUT2D eigenvalue weighted by Gasteiger charge is 2.40. The zero-order valence-corrected chi connectivity index (χ0v) is 10.0. The summed E-state index contributed by atoms with van der Waals surface area (Å²) in [5.41, 5.74) is 0. The van der Waals surface area contributed by atoms with Crippen molar-refractivity contribution in [2.75, 3.05) is 0 Å². The molecule has 0 unspecified atom stereocenters. The molecule has 0 saturated heterocycles.